The van der Waals surface area contributed by atoms with Crippen LogP contribution in [-0.4, -0.2) is 22.4 Å². The summed E-state index contributed by atoms with van der Waals surface area (Å²) in [4.78, 5) is 17.3. The number of ether oxygens (including phenoxy) is 1. The van der Waals surface area contributed by atoms with Crippen LogP contribution in [-0.2, 0) is 0 Å². The molecule has 2 heterocycles. The number of aryl methyl sites for hydroxylation is 2. The second-order valence-electron chi connectivity index (χ2n) is 5.40. The van der Waals surface area contributed by atoms with E-state index in [1.807, 2.05) is 19.2 Å². The lowest BCUT2D eigenvalue weighted by Gasteiger charge is -2.11. The zero-order chi connectivity index (χ0) is 17.4. The van der Waals surface area contributed by atoms with Gasteiger partial charge in [-0.15, -0.1) is 0 Å². The number of pyridine rings is 1. The quantitative estimate of drug-likeness (QED) is 0.687. The Bertz CT molecular complexity index is 953. The lowest BCUT2D eigenvalue weighted by atomic mass is 10.2. The van der Waals surface area contributed by atoms with Gasteiger partial charge in [0.05, 0.1) is 23.0 Å². The topological polar surface area (TPSA) is 55.6 Å². The summed E-state index contributed by atoms with van der Waals surface area (Å²) < 4.78 is 7.89. The molecule has 0 bridgehead atoms. The maximum Gasteiger partial charge on any atom is 0.274 e. The number of nitrogens with one attached hydrogen (secondary N) is 1. The molecule has 0 saturated carbocycles. The molecule has 0 atom stereocenters. The molecule has 0 radical (unpaired) electrons. The van der Waals surface area contributed by atoms with E-state index in [4.69, 9.17) is 16.3 Å². The number of rotatable bonds is 3. The Labute approximate surface area is 152 Å². The second kappa shape index (κ2) is 6.45. The molecule has 7 heteroatoms. The van der Waals surface area contributed by atoms with Gasteiger partial charge in [-0.3, -0.25) is 9.20 Å². The maximum absolute atomic E-state index is 12.8. The summed E-state index contributed by atoms with van der Waals surface area (Å²) in [5.74, 6) is 0.259. The van der Waals surface area contributed by atoms with Crippen molar-refractivity contribution in [3.63, 3.8) is 0 Å². The van der Waals surface area contributed by atoms with Crippen molar-refractivity contribution < 1.29 is 9.53 Å². The Morgan fingerprint density at radius 2 is 2.08 bits per heavy atom. The van der Waals surface area contributed by atoms with Gasteiger partial charge >= 0.3 is 0 Å². The van der Waals surface area contributed by atoms with E-state index in [0.29, 0.717) is 33.5 Å². The van der Waals surface area contributed by atoms with Crippen LogP contribution in [0.4, 0.5) is 5.69 Å². The highest BCUT2D eigenvalue weighted by molar-refractivity contribution is 9.10. The average Bonchev–Trinajstić information content (AvgIpc) is 2.84. The van der Waals surface area contributed by atoms with Gasteiger partial charge < -0.3 is 10.1 Å². The normalized spacial score (nSPS) is 10.9. The Kier molecular flexibility index (Phi) is 4.51. The minimum Gasteiger partial charge on any atom is -0.495 e. The monoisotopic (exact) mass is 407 g/mol. The molecule has 124 valence electrons. The van der Waals surface area contributed by atoms with Gasteiger partial charge in [-0.1, -0.05) is 11.6 Å². The van der Waals surface area contributed by atoms with Crippen LogP contribution in [0.5, 0.6) is 5.75 Å². The summed E-state index contributed by atoms with van der Waals surface area (Å²) in [7, 11) is 1.54. The number of carbonyl (C=O) groups is 1. The van der Waals surface area contributed by atoms with Crippen molar-refractivity contribution in [2.24, 2.45) is 0 Å². The predicted octanol–water partition coefficient (Wildman–Crippen LogP) is 4.63. The fourth-order valence-corrected chi connectivity index (χ4v) is 3.39. The van der Waals surface area contributed by atoms with E-state index in [1.54, 1.807) is 36.6 Å². The lowest BCUT2D eigenvalue weighted by molar-refractivity contribution is 0.102. The first-order valence-electron chi connectivity index (χ1n) is 7.20. The third kappa shape index (κ3) is 2.99. The number of benzene rings is 1. The molecule has 0 fully saturated rings. The van der Waals surface area contributed by atoms with Crippen LogP contribution in [0.3, 0.4) is 0 Å². The summed E-state index contributed by atoms with van der Waals surface area (Å²) in [5.41, 5.74) is 3.33. The van der Waals surface area contributed by atoms with Crippen molar-refractivity contribution in [3.05, 3.63) is 56.9 Å². The van der Waals surface area contributed by atoms with E-state index in [9.17, 15) is 4.79 Å². The SMILES string of the molecule is COc1ccc(Cl)cc1NC(=O)c1c(C)nc2c(Br)cc(C)cn12. The molecule has 24 heavy (non-hydrogen) atoms. The Balaban J connectivity index is 2.07. The van der Waals surface area contributed by atoms with Crippen LogP contribution in [0, 0.1) is 13.8 Å². The maximum atomic E-state index is 12.8. The van der Waals surface area contributed by atoms with Gasteiger partial charge in [-0.2, -0.15) is 0 Å². The average molecular weight is 409 g/mol. The highest BCUT2D eigenvalue weighted by Gasteiger charge is 2.19. The molecule has 0 aliphatic heterocycles. The van der Waals surface area contributed by atoms with Gasteiger partial charge in [0.15, 0.2) is 5.65 Å². The summed E-state index contributed by atoms with van der Waals surface area (Å²) in [6, 6.07) is 7.03. The second-order valence-corrected chi connectivity index (χ2v) is 6.69. The highest BCUT2D eigenvalue weighted by Crippen LogP contribution is 2.29. The van der Waals surface area contributed by atoms with Crippen LogP contribution in [0.25, 0.3) is 5.65 Å². The van der Waals surface area contributed by atoms with Gasteiger partial charge in [0.2, 0.25) is 0 Å². The van der Waals surface area contributed by atoms with Gasteiger partial charge in [0.1, 0.15) is 11.4 Å². The van der Waals surface area contributed by atoms with Crippen molar-refractivity contribution >= 4 is 44.8 Å². The number of hydrogen-bond donors (Lipinski definition) is 1. The largest absolute Gasteiger partial charge is 0.495 e. The van der Waals surface area contributed by atoms with Crippen LogP contribution >= 0.6 is 27.5 Å². The van der Waals surface area contributed by atoms with Crippen molar-refractivity contribution in [1.29, 1.82) is 0 Å². The number of fused-ring (bicyclic) bond motifs is 1. The van der Waals surface area contributed by atoms with Crippen molar-refractivity contribution in [3.8, 4) is 5.75 Å². The van der Waals surface area contributed by atoms with E-state index >= 15 is 0 Å². The molecule has 3 aromatic rings. The summed E-state index contributed by atoms with van der Waals surface area (Å²) >= 11 is 9.51. The Morgan fingerprint density at radius 1 is 1.33 bits per heavy atom. The van der Waals surface area contributed by atoms with Crippen LogP contribution in [0.2, 0.25) is 5.02 Å². The molecule has 0 spiro atoms. The van der Waals surface area contributed by atoms with E-state index in [-0.39, 0.29) is 5.91 Å². The fraction of sp³-hybridized carbons (Fsp3) is 0.176. The zero-order valence-electron chi connectivity index (χ0n) is 13.4. The number of hydrogen-bond acceptors (Lipinski definition) is 3. The molecule has 0 unspecified atom stereocenters. The van der Waals surface area contributed by atoms with Gasteiger partial charge in [-0.05, 0) is 59.6 Å². The molecule has 5 nitrogen and oxygen atoms in total. The third-order valence-corrected chi connectivity index (χ3v) is 4.43. The van der Waals surface area contributed by atoms with Gasteiger partial charge in [-0.25, -0.2) is 4.98 Å². The number of imidazole rings is 1. The number of amides is 1. The van der Waals surface area contributed by atoms with Crippen LogP contribution in [0.15, 0.2) is 34.9 Å². The van der Waals surface area contributed by atoms with E-state index < -0.39 is 0 Å². The molecule has 1 aromatic carbocycles. The van der Waals surface area contributed by atoms with Crippen molar-refractivity contribution in [2.75, 3.05) is 12.4 Å². The molecule has 3 rings (SSSR count). The number of carbonyl (C=O) groups excluding carboxylic acids is 1. The minimum atomic E-state index is -0.280. The number of halogens is 2. The molecular formula is C17H15BrClN3O2. The first-order valence-corrected chi connectivity index (χ1v) is 8.37. The Hall–Kier alpha value is -2.05. The van der Waals surface area contributed by atoms with E-state index in [0.717, 1.165) is 10.0 Å². The van der Waals surface area contributed by atoms with Gasteiger partial charge in [0.25, 0.3) is 5.91 Å². The number of nitrogens with zero attached hydrogens (tertiary/aromatic N) is 2. The number of methoxy groups -OCH3 is 1. The third-order valence-electron chi connectivity index (χ3n) is 3.61. The molecule has 0 aliphatic carbocycles. The van der Waals surface area contributed by atoms with E-state index in [1.165, 1.54) is 0 Å². The molecule has 0 saturated heterocycles. The predicted molar refractivity (Wildman–Crippen MR) is 98.3 cm³/mol. The molecular weight excluding hydrogens is 394 g/mol. The van der Waals surface area contributed by atoms with E-state index in [2.05, 4.69) is 26.2 Å². The number of anilines is 1. The summed E-state index contributed by atoms with van der Waals surface area (Å²) in [6.07, 6.45) is 1.88. The van der Waals surface area contributed by atoms with Gasteiger partial charge in [0, 0.05) is 11.2 Å². The fourth-order valence-electron chi connectivity index (χ4n) is 2.58. The van der Waals surface area contributed by atoms with Crippen molar-refractivity contribution in [2.45, 2.75) is 13.8 Å². The smallest absolute Gasteiger partial charge is 0.274 e. The zero-order valence-corrected chi connectivity index (χ0v) is 15.7. The minimum absolute atomic E-state index is 0.280. The molecule has 1 N–H and O–H groups in total. The molecule has 0 aliphatic rings. The standard InChI is InChI=1S/C17H15BrClN3O2/c1-9-6-12(18)16-20-10(2)15(22(16)8-9)17(23)21-13-7-11(19)4-5-14(13)24-3/h4-8H,1-3H3,(H,21,23). The number of aromatic nitrogens is 2. The first kappa shape index (κ1) is 16.8. The summed E-state index contributed by atoms with van der Waals surface area (Å²) in [5, 5.41) is 3.37. The first-order chi connectivity index (χ1) is 11.4. The molecule has 1 amide bonds. The lowest BCUT2D eigenvalue weighted by Crippen LogP contribution is -2.16. The van der Waals surface area contributed by atoms with Crippen LogP contribution < -0.4 is 10.1 Å². The van der Waals surface area contributed by atoms with Crippen molar-refractivity contribution in [1.82, 2.24) is 9.38 Å². The summed E-state index contributed by atoms with van der Waals surface area (Å²) in [6.45, 7) is 3.76. The Morgan fingerprint density at radius 3 is 2.79 bits per heavy atom. The molecule has 2 aromatic heterocycles. The van der Waals surface area contributed by atoms with Crippen LogP contribution in [0.1, 0.15) is 21.7 Å². The highest BCUT2D eigenvalue weighted by atomic mass is 79.9.